The number of rotatable bonds is 2. The van der Waals surface area contributed by atoms with Gasteiger partial charge in [0.2, 0.25) is 0 Å². The van der Waals surface area contributed by atoms with E-state index >= 15 is 0 Å². The van der Waals surface area contributed by atoms with Crippen LogP contribution >= 0.6 is 0 Å². The third kappa shape index (κ3) is 3.15. The van der Waals surface area contributed by atoms with Crippen molar-refractivity contribution in [2.75, 3.05) is 20.2 Å². The van der Waals surface area contributed by atoms with Gasteiger partial charge in [-0.3, -0.25) is 0 Å². The van der Waals surface area contributed by atoms with Gasteiger partial charge in [0.15, 0.2) is 0 Å². The molecule has 0 spiro atoms. The smallest absolute Gasteiger partial charge is 0.339 e. The van der Waals surface area contributed by atoms with E-state index in [4.69, 9.17) is 4.74 Å². The summed E-state index contributed by atoms with van der Waals surface area (Å²) in [6.07, 6.45) is 12.4. The number of hydrogen-bond donors (Lipinski definition) is 0. The fourth-order valence-electron chi connectivity index (χ4n) is 2.72. The Hall–Kier alpha value is -1.25. The summed E-state index contributed by atoms with van der Waals surface area (Å²) in [5, 5.41) is 0. The van der Waals surface area contributed by atoms with Gasteiger partial charge in [0.1, 0.15) is 0 Å². The first kappa shape index (κ1) is 13.2. The quantitative estimate of drug-likeness (QED) is 0.704. The largest absolute Gasteiger partial charge is 0.465 e. The molecule has 3 heteroatoms. The van der Waals surface area contributed by atoms with Crippen LogP contribution in [-0.2, 0) is 9.53 Å². The van der Waals surface area contributed by atoms with Gasteiger partial charge in [-0.15, -0.1) is 0 Å². The van der Waals surface area contributed by atoms with Crippen molar-refractivity contribution >= 4 is 5.97 Å². The molecule has 0 unspecified atom stereocenters. The van der Waals surface area contributed by atoms with Gasteiger partial charge in [-0.25, -0.2) is 4.79 Å². The van der Waals surface area contributed by atoms with Gasteiger partial charge in [0.25, 0.3) is 0 Å². The molecule has 1 aliphatic heterocycles. The normalized spacial score (nSPS) is 27.3. The molecule has 0 amide bonds. The Morgan fingerprint density at radius 2 is 1.72 bits per heavy atom. The van der Waals surface area contributed by atoms with E-state index in [1.165, 1.54) is 39.2 Å². The lowest BCUT2D eigenvalue weighted by Gasteiger charge is -2.23. The maximum absolute atomic E-state index is 12.0. The molecule has 1 aliphatic carbocycles. The lowest BCUT2D eigenvalue weighted by molar-refractivity contribution is -0.136. The van der Waals surface area contributed by atoms with Crippen LogP contribution in [0.1, 0.15) is 44.9 Å². The first-order valence-electron chi connectivity index (χ1n) is 7.07. The molecule has 0 aromatic carbocycles. The van der Waals surface area contributed by atoms with E-state index in [1.54, 1.807) is 0 Å². The summed E-state index contributed by atoms with van der Waals surface area (Å²) in [5.74, 6) is -0.185. The molecule has 18 heavy (non-hydrogen) atoms. The molecular formula is C15H23NO2. The molecule has 0 N–H and O–H groups in total. The van der Waals surface area contributed by atoms with Gasteiger partial charge in [-0.05, 0) is 38.5 Å². The Bertz CT molecular complexity index is 352. The Kier molecular flexibility index (Phi) is 4.85. The number of allylic oxidation sites excluding steroid dienone is 2. The van der Waals surface area contributed by atoms with E-state index in [1.807, 2.05) is 0 Å². The molecule has 1 saturated heterocycles. The van der Waals surface area contributed by atoms with Crippen LogP contribution in [0.4, 0.5) is 0 Å². The third-order valence-corrected chi connectivity index (χ3v) is 3.72. The second kappa shape index (κ2) is 6.62. The summed E-state index contributed by atoms with van der Waals surface area (Å²) < 4.78 is 4.94. The predicted octanol–water partition coefficient (Wildman–Crippen LogP) is 3.03. The van der Waals surface area contributed by atoms with Crippen molar-refractivity contribution in [3.63, 3.8) is 0 Å². The second-order valence-corrected chi connectivity index (χ2v) is 5.03. The van der Waals surface area contributed by atoms with Crippen LogP contribution in [0, 0.1) is 0 Å². The summed E-state index contributed by atoms with van der Waals surface area (Å²) in [7, 11) is 1.47. The van der Waals surface area contributed by atoms with E-state index in [0.717, 1.165) is 37.2 Å². The fourth-order valence-corrected chi connectivity index (χ4v) is 2.72. The molecule has 0 aromatic heterocycles. The summed E-state index contributed by atoms with van der Waals surface area (Å²) >= 11 is 0. The lowest BCUT2D eigenvalue weighted by atomic mass is 10.1. The van der Waals surface area contributed by atoms with Crippen molar-refractivity contribution in [1.82, 2.24) is 4.90 Å². The third-order valence-electron chi connectivity index (χ3n) is 3.72. The molecule has 0 bridgehead atoms. The molecule has 1 heterocycles. The average Bonchev–Trinajstić information content (AvgIpc) is 2.93. The van der Waals surface area contributed by atoms with E-state index in [2.05, 4.69) is 17.1 Å². The Balaban J connectivity index is 2.25. The van der Waals surface area contributed by atoms with Crippen molar-refractivity contribution in [3.05, 3.63) is 23.4 Å². The maximum atomic E-state index is 12.0. The van der Waals surface area contributed by atoms with Gasteiger partial charge in [0.05, 0.1) is 12.7 Å². The highest BCUT2D eigenvalue weighted by atomic mass is 16.5. The highest BCUT2D eigenvalue weighted by Crippen LogP contribution is 2.25. The monoisotopic (exact) mass is 249 g/mol. The molecule has 0 aromatic rings. The van der Waals surface area contributed by atoms with E-state index in [0.29, 0.717) is 0 Å². The van der Waals surface area contributed by atoms with Crippen LogP contribution in [0.5, 0.6) is 0 Å². The predicted molar refractivity (Wildman–Crippen MR) is 72.1 cm³/mol. The summed E-state index contributed by atoms with van der Waals surface area (Å²) in [5.41, 5.74) is 1.89. The van der Waals surface area contributed by atoms with Gasteiger partial charge < -0.3 is 9.64 Å². The molecule has 0 atom stereocenters. The van der Waals surface area contributed by atoms with Crippen LogP contribution in [0.2, 0.25) is 0 Å². The lowest BCUT2D eigenvalue weighted by Crippen LogP contribution is -2.23. The van der Waals surface area contributed by atoms with Gasteiger partial charge in [-0.1, -0.05) is 18.6 Å². The van der Waals surface area contributed by atoms with Crippen LogP contribution in [0.25, 0.3) is 0 Å². The minimum atomic E-state index is -0.185. The Morgan fingerprint density at radius 3 is 2.39 bits per heavy atom. The number of ether oxygens (including phenoxy) is 1. The van der Waals surface area contributed by atoms with Crippen LogP contribution in [0.3, 0.4) is 0 Å². The second-order valence-electron chi connectivity index (χ2n) is 5.03. The van der Waals surface area contributed by atoms with Gasteiger partial charge >= 0.3 is 5.97 Å². The first-order chi connectivity index (χ1) is 8.83. The standard InChI is InChI=1S/C15H23NO2/c1-18-15(17)13-9-5-3-2-4-6-10-14(13)16-11-7-8-12-16/h9-10H,2-8,11-12H2,1H3/b13-9+,14-10-. The molecular weight excluding hydrogens is 226 g/mol. The zero-order chi connectivity index (χ0) is 12.8. The van der Waals surface area contributed by atoms with Crippen molar-refractivity contribution in [2.24, 2.45) is 0 Å². The number of carbonyl (C=O) groups excluding carboxylic acids is 1. The van der Waals surface area contributed by atoms with Gasteiger partial charge in [0, 0.05) is 18.8 Å². The van der Waals surface area contributed by atoms with Crippen LogP contribution in [-0.4, -0.2) is 31.1 Å². The highest BCUT2D eigenvalue weighted by molar-refractivity contribution is 5.93. The molecule has 0 radical (unpaired) electrons. The number of carbonyl (C=O) groups is 1. The minimum absolute atomic E-state index is 0.185. The number of esters is 1. The van der Waals surface area contributed by atoms with Crippen molar-refractivity contribution < 1.29 is 9.53 Å². The summed E-state index contributed by atoms with van der Waals surface area (Å²) in [6.45, 7) is 2.14. The van der Waals surface area contributed by atoms with E-state index in [-0.39, 0.29) is 5.97 Å². The van der Waals surface area contributed by atoms with Crippen LogP contribution < -0.4 is 0 Å². The number of methoxy groups -OCH3 is 1. The molecule has 0 saturated carbocycles. The molecule has 100 valence electrons. The Morgan fingerprint density at radius 1 is 1.06 bits per heavy atom. The van der Waals surface area contributed by atoms with Crippen molar-refractivity contribution in [1.29, 1.82) is 0 Å². The highest BCUT2D eigenvalue weighted by Gasteiger charge is 2.23. The Labute approximate surface area is 109 Å². The fraction of sp³-hybridized carbons (Fsp3) is 0.667. The van der Waals surface area contributed by atoms with Gasteiger partial charge in [-0.2, -0.15) is 0 Å². The summed E-state index contributed by atoms with van der Waals surface area (Å²) in [6, 6.07) is 0. The minimum Gasteiger partial charge on any atom is -0.465 e. The topological polar surface area (TPSA) is 29.5 Å². The van der Waals surface area contributed by atoms with E-state index in [9.17, 15) is 4.79 Å². The molecule has 1 fully saturated rings. The average molecular weight is 249 g/mol. The number of hydrogen-bond acceptors (Lipinski definition) is 3. The molecule has 2 aliphatic rings. The number of nitrogens with zero attached hydrogens (tertiary/aromatic N) is 1. The summed E-state index contributed by atoms with van der Waals surface area (Å²) in [4.78, 5) is 14.3. The number of likely N-dealkylation sites (tertiary alicyclic amines) is 1. The zero-order valence-corrected chi connectivity index (χ0v) is 11.3. The van der Waals surface area contributed by atoms with E-state index < -0.39 is 0 Å². The first-order valence-corrected chi connectivity index (χ1v) is 7.07. The van der Waals surface area contributed by atoms with Crippen LogP contribution in [0.15, 0.2) is 23.4 Å². The SMILES string of the molecule is COC(=O)C1=C/CCCCC\C=C\1N1CCCC1. The van der Waals surface area contributed by atoms with Crippen molar-refractivity contribution in [3.8, 4) is 0 Å². The molecule has 2 rings (SSSR count). The molecule has 3 nitrogen and oxygen atoms in total. The zero-order valence-electron chi connectivity index (χ0n) is 11.3. The maximum Gasteiger partial charge on any atom is 0.339 e. The van der Waals surface area contributed by atoms with Crippen molar-refractivity contribution in [2.45, 2.75) is 44.9 Å².